The maximum Gasteiger partial charge on any atom is 0.0641 e. The second-order valence-corrected chi connectivity index (χ2v) is 13.7. The van der Waals surface area contributed by atoms with E-state index in [0.717, 1.165) is 11.4 Å². The molecule has 52 heavy (non-hydrogen) atoms. The molecule has 0 unspecified atom stereocenters. The molecule has 2 aromatic heterocycles. The molecule has 0 aliphatic carbocycles. The molecule has 11 rings (SSSR count). The fraction of sp³-hybridized carbons (Fsp3) is 0. The molecule has 0 amide bonds. The minimum Gasteiger partial charge on any atom is -0.309 e. The van der Waals surface area contributed by atoms with E-state index in [9.17, 15) is 0 Å². The first kappa shape index (κ1) is 28.9. The summed E-state index contributed by atoms with van der Waals surface area (Å²) in [5, 5.41) is 10.1. The molecule has 0 atom stereocenters. The molecule has 0 bridgehead atoms. The summed E-state index contributed by atoms with van der Waals surface area (Å²) in [6.45, 7) is 0. The third-order valence-corrected chi connectivity index (χ3v) is 10.9. The second kappa shape index (κ2) is 11.3. The molecule has 0 saturated carbocycles. The summed E-state index contributed by atoms with van der Waals surface area (Å²) in [5.41, 5.74) is 12.2. The molecule has 0 saturated heterocycles. The number of para-hydroxylation sites is 3. The van der Waals surface area contributed by atoms with Gasteiger partial charge < -0.3 is 9.13 Å². The van der Waals surface area contributed by atoms with Gasteiger partial charge in [0.1, 0.15) is 0 Å². The van der Waals surface area contributed by atoms with Gasteiger partial charge in [0, 0.05) is 32.9 Å². The first-order valence-electron chi connectivity index (χ1n) is 18.0. The van der Waals surface area contributed by atoms with E-state index in [-0.39, 0.29) is 0 Å². The Kier molecular flexibility index (Phi) is 6.28. The number of benzene rings is 9. The van der Waals surface area contributed by atoms with Crippen molar-refractivity contribution in [1.29, 1.82) is 0 Å². The molecule has 242 valence electrons. The highest BCUT2D eigenvalue weighted by Gasteiger charge is 2.21. The van der Waals surface area contributed by atoms with Gasteiger partial charge in [0.15, 0.2) is 0 Å². The van der Waals surface area contributed by atoms with E-state index < -0.39 is 0 Å². The second-order valence-electron chi connectivity index (χ2n) is 13.7. The van der Waals surface area contributed by atoms with Crippen LogP contribution in [0.4, 0.5) is 0 Å². The lowest BCUT2D eigenvalue weighted by atomic mass is 9.86. The number of nitrogens with zero attached hydrogens (tertiary/aromatic N) is 2. The lowest BCUT2D eigenvalue weighted by Crippen LogP contribution is -1.96. The van der Waals surface area contributed by atoms with Crippen molar-refractivity contribution >= 4 is 65.2 Å². The van der Waals surface area contributed by atoms with Crippen LogP contribution in [-0.2, 0) is 0 Å². The van der Waals surface area contributed by atoms with Crippen LogP contribution in [0.1, 0.15) is 0 Å². The molecule has 9 aromatic carbocycles. The first-order valence-corrected chi connectivity index (χ1v) is 18.0. The van der Waals surface area contributed by atoms with Crippen molar-refractivity contribution in [1.82, 2.24) is 9.13 Å². The number of rotatable bonds is 4. The van der Waals surface area contributed by atoms with Gasteiger partial charge in [-0.3, -0.25) is 0 Å². The molecule has 0 fully saturated rings. The summed E-state index contributed by atoms with van der Waals surface area (Å²) in [4.78, 5) is 0. The molecular formula is C50H32N2. The minimum atomic E-state index is 1.15. The zero-order chi connectivity index (χ0) is 34.2. The summed E-state index contributed by atoms with van der Waals surface area (Å²) in [6, 6.07) is 70.8. The molecule has 11 aromatic rings. The third-order valence-electron chi connectivity index (χ3n) is 10.9. The summed E-state index contributed by atoms with van der Waals surface area (Å²) >= 11 is 0. The number of aromatic nitrogens is 2. The van der Waals surface area contributed by atoms with E-state index in [0.29, 0.717) is 0 Å². The van der Waals surface area contributed by atoms with Crippen molar-refractivity contribution in [3.8, 4) is 33.6 Å². The van der Waals surface area contributed by atoms with E-state index in [1.165, 1.54) is 87.4 Å². The van der Waals surface area contributed by atoms with Gasteiger partial charge in [-0.05, 0) is 86.3 Å². The standard InChI is InChI=1S/C50H32N2/c1-3-15-33(16-4-1)47-38-20-7-9-22-40(38)48(41-23-10-8-21-39(41)47)34-27-29-36(30-28-34)52-44-25-13-11-19-37(44)42-31-32-46-49(50(42)52)43-24-12-14-26-45(43)51(46)35-17-5-2-6-18-35/h1-32H. The Hall–Kier alpha value is -6.90. The van der Waals surface area contributed by atoms with E-state index in [4.69, 9.17) is 0 Å². The van der Waals surface area contributed by atoms with Crippen LogP contribution >= 0.6 is 0 Å². The molecule has 2 heterocycles. The van der Waals surface area contributed by atoms with Crippen LogP contribution in [0, 0.1) is 0 Å². The normalized spacial score (nSPS) is 11.8. The Morgan fingerprint density at radius 3 is 1.29 bits per heavy atom. The van der Waals surface area contributed by atoms with E-state index >= 15 is 0 Å². The van der Waals surface area contributed by atoms with E-state index in [2.05, 4.69) is 203 Å². The maximum atomic E-state index is 2.48. The lowest BCUT2D eigenvalue weighted by Gasteiger charge is -2.18. The van der Waals surface area contributed by atoms with Gasteiger partial charge in [-0.15, -0.1) is 0 Å². The highest BCUT2D eigenvalue weighted by Crippen LogP contribution is 2.45. The minimum absolute atomic E-state index is 1.15. The van der Waals surface area contributed by atoms with Gasteiger partial charge in [0.05, 0.1) is 22.1 Å². The Morgan fingerprint density at radius 1 is 0.250 bits per heavy atom. The van der Waals surface area contributed by atoms with Crippen LogP contribution in [0.3, 0.4) is 0 Å². The van der Waals surface area contributed by atoms with Crippen LogP contribution in [0.25, 0.3) is 98.8 Å². The van der Waals surface area contributed by atoms with Crippen molar-refractivity contribution in [3.05, 3.63) is 194 Å². The Bertz CT molecular complexity index is 3090. The summed E-state index contributed by atoms with van der Waals surface area (Å²) in [7, 11) is 0. The van der Waals surface area contributed by atoms with Crippen LogP contribution in [0.2, 0.25) is 0 Å². The van der Waals surface area contributed by atoms with Gasteiger partial charge >= 0.3 is 0 Å². The quantitative estimate of drug-likeness (QED) is 0.166. The molecular weight excluding hydrogens is 629 g/mol. The fourth-order valence-electron chi connectivity index (χ4n) is 8.76. The van der Waals surface area contributed by atoms with Gasteiger partial charge in [0.25, 0.3) is 0 Å². The monoisotopic (exact) mass is 660 g/mol. The van der Waals surface area contributed by atoms with Crippen molar-refractivity contribution in [2.45, 2.75) is 0 Å². The zero-order valence-electron chi connectivity index (χ0n) is 28.4. The summed E-state index contributed by atoms with van der Waals surface area (Å²) in [6.07, 6.45) is 0. The van der Waals surface area contributed by atoms with Crippen LogP contribution in [0.15, 0.2) is 194 Å². The van der Waals surface area contributed by atoms with Crippen LogP contribution in [0.5, 0.6) is 0 Å². The highest BCUT2D eigenvalue weighted by molar-refractivity contribution is 6.26. The maximum absolute atomic E-state index is 2.48. The fourth-order valence-corrected chi connectivity index (χ4v) is 8.76. The molecule has 0 spiro atoms. The van der Waals surface area contributed by atoms with E-state index in [1.54, 1.807) is 0 Å². The predicted molar refractivity (Wildman–Crippen MR) is 221 cm³/mol. The van der Waals surface area contributed by atoms with Gasteiger partial charge in [0.2, 0.25) is 0 Å². The van der Waals surface area contributed by atoms with E-state index in [1.807, 2.05) is 0 Å². The van der Waals surface area contributed by atoms with Crippen molar-refractivity contribution in [3.63, 3.8) is 0 Å². The highest BCUT2D eigenvalue weighted by atomic mass is 15.0. The summed E-state index contributed by atoms with van der Waals surface area (Å²) in [5.74, 6) is 0. The molecule has 0 aliphatic heterocycles. The molecule has 0 aliphatic rings. The molecule has 2 heteroatoms. The molecule has 0 radical (unpaired) electrons. The molecule has 0 N–H and O–H groups in total. The SMILES string of the molecule is c1ccc(-c2c3ccccc3c(-c3ccc(-n4c5ccccc5c5ccc6c(c7ccccc7n6-c6ccccc6)c54)cc3)c3ccccc23)cc1. The largest absolute Gasteiger partial charge is 0.309 e. The Labute approximate surface area is 301 Å². The van der Waals surface area contributed by atoms with Gasteiger partial charge in [-0.2, -0.15) is 0 Å². The van der Waals surface area contributed by atoms with Crippen LogP contribution in [-0.4, -0.2) is 9.13 Å². The average Bonchev–Trinajstić information content (AvgIpc) is 3.74. The van der Waals surface area contributed by atoms with Crippen molar-refractivity contribution in [2.75, 3.05) is 0 Å². The topological polar surface area (TPSA) is 9.86 Å². The number of fused-ring (bicyclic) bond motifs is 9. The molecule has 2 nitrogen and oxygen atoms in total. The van der Waals surface area contributed by atoms with Gasteiger partial charge in [-0.25, -0.2) is 0 Å². The smallest absolute Gasteiger partial charge is 0.0641 e. The Morgan fingerprint density at radius 2 is 0.692 bits per heavy atom. The third kappa shape index (κ3) is 4.12. The summed E-state index contributed by atoms with van der Waals surface area (Å²) < 4.78 is 4.89. The average molecular weight is 661 g/mol. The van der Waals surface area contributed by atoms with Crippen molar-refractivity contribution < 1.29 is 0 Å². The predicted octanol–water partition coefficient (Wildman–Crippen LogP) is 13.5. The Balaban J connectivity index is 1.18. The van der Waals surface area contributed by atoms with Crippen LogP contribution < -0.4 is 0 Å². The first-order chi connectivity index (χ1) is 25.8. The number of hydrogen-bond donors (Lipinski definition) is 0. The number of hydrogen-bond acceptors (Lipinski definition) is 0. The van der Waals surface area contributed by atoms with Gasteiger partial charge in [-0.1, -0.05) is 152 Å². The zero-order valence-corrected chi connectivity index (χ0v) is 28.4. The lowest BCUT2D eigenvalue weighted by molar-refractivity contribution is 1.17. The van der Waals surface area contributed by atoms with Crippen molar-refractivity contribution in [2.24, 2.45) is 0 Å².